The van der Waals surface area contributed by atoms with E-state index < -0.39 is 49.3 Å². The lowest BCUT2D eigenvalue weighted by Gasteiger charge is -2.25. The summed E-state index contributed by atoms with van der Waals surface area (Å²) in [6, 6.07) is 12.2. The molecule has 2 aliphatic rings. The number of hydrogen-bond donors (Lipinski definition) is 4. The molecule has 1 spiro atoms. The van der Waals surface area contributed by atoms with Gasteiger partial charge >= 0.3 is 13.7 Å². The SMILES string of the molecule is CCC(CC)COC(=O)[C@H](C)NP(=O)(Oc1ccccc1)O[C@@H]1CC12O[C@@](C#N)(c1ccc3c(N)ncnn13)[C@H](O)[C@@H]2O. The van der Waals surface area contributed by atoms with Crippen LogP contribution in [0.1, 0.15) is 45.7 Å². The Balaban J connectivity index is 1.39. The monoisotopic (exact) mass is 614 g/mol. The van der Waals surface area contributed by atoms with Crippen LogP contribution < -0.4 is 15.3 Å². The molecule has 1 aliphatic carbocycles. The number of carbonyl (C=O) groups excluding carboxylic acids is 1. The minimum absolute atomic E-state index is 0.0353. The highest BCUT2D eigenvalue weighted by Crippen LogP contribution is 2.62. The number of benzene rings is 1. The summed E-state index contributed by atoms with van der Waals surface area (Å²) < 4.78 is 38.7. The van der Waals surface area contributed by atoms with Crippen LogP contribution in [-0.2, 0) is 29.0 Å². The van der Waals surface area contributed by atoms with Crippen molar-refractivity contribution < 1.29 is 38.1 Å². The first-order chi connectivity index (χ1) is 20.5. The number of fused-ring (bicyclic) bond motifs is 1. The highest BCUT2D eigenvalue weighted by Gasteiger charge is 2.76. The number of nitrogens with one attached hydrogen (secondary N) is 1. The van der Waals surface area contributed by atoms with Crippen molar-refractivity contribution in [3.8, 4) is 11.8 Å². The molecule has 1 saturated heterocycles. The van der Waals surface area contributed by atoms with E-state index in [0.29, 0.717) is 5.52 Å². The van der Waals surface area contributed by atoms with E-state index in [-0.39, 0.29) is 36.2 Å². The van der Waals surface area contributed by atoms with Crippen LogP contribution >= 0.6 is 7.75 Å². The number of hydrogen-bond acceptors (Lipinski definition) is 12. The molecule has 5 N–H and O–H groups in total. The maximum absolute atomic E-state index is 14.1. The molecular weight excluding hydrogens is 579 g/mol. The molecule has 2 fully saturated rings. The lowest BCUT2D eigenvalue weighted by molar-refractivity contribution is -0.146. The van der Waals surface area contributed by atoms with Crippen molar-refractivity contribution in [2.24, 2.45) is 5.92 Å². The summed E-state index contributed by atoms with van der Waals surface area (Å²) in [7, 11) is -4.34. The minimum Gasteiger partial charge on any atom is -0.464 e. The standard InChI is InChI=1S/C28H35N6O8P/c1-4-18(5-2)14-39-26(37)17(3)33-43(38,40-19-9-7-6-8-10-19)41-22-13-27(22)23(35)24(36)28(15-29,42-27)21-12-11-20-25(30)31-16-32-34(20)21/h6-12,16-18,22-24,35-36H,4-5,13-14H2,1-3H3,(H,33,38)(H2,30,31,32)/t17-,22+,23-,24+,27?,28-,43?/m0/s1. The van der Waals surface area contributed by atoms with Crippen molar-refractivity contribution in [2.75, 3.05) is 12.3 Å². The summed E-state index contributed by atoms with van der Waals surface area (Å²) in [5.74, 6) is -0.112. The van der Waals surface area contributed by atoms with E-state index in [0.717, 1.165) is 12.8 Å². The summed E-state index contributed by atoms with van der Waals surface area (Å²) in [6.45, 7) is 5.70. The van der Waals surface area contributed by atoms with Gasteiger partial charge in [0.15, 0.2) is 5.82 Å². The second-order valence-electron chi connectivity index (χ2n) is 10.8. The van der Waals surface area contributed by atoms with Crippen LogP contribution in [0.15, 0.2) is 48.8 Å². The van der Waals surface area contributed by atoms with Crippen molar-refractivity contribution in [3.63, 3.8) is 0 Å². The largest absolute Gasteiger partial charge is 0.464 e. The molecule has 1 saturated carbocycles. The van der Waals surface area contributed by atoms with Crippen LogP contribution in [0.25, 0.3) is 5.52 Å². The second kappa shape index (κ2) is 11.8. The van der Waals surface area contributed by atoms with Gasteiger partial charge in [-0.3, -0.25) is 9.32 Å². The average molecular weight is 615 g/mol. The van der Waals surface area contributed by atoms with Crippen molar-refractivity contribution in [1.82, 2.24) is 19.7 Å². The Morgan fingerprint density at radius 1 is 1.26 bits per heavy atom. The molecule has 0 amide bonds. The molecule has 7 atom stereocenters. The van der Waals surface area contributed by atoms with Gasteiger partial charge in [0.05, 0.1) is 12.3 Å². The van der Waals surface area contributed by atoms with Gasteiger partial charge < -0.3 is 29.9 Å². The van der Waals surface area contributed by atoms with E-state index in [9.17, 15) is 24.8 Å². The number of aliphatic hydroxyl groups excluding tert-OH is 2. The molecular formula is C28H35N6O8P. The lowest BCUT2D eigenvalue weighted by Crippen LogP contribution is -2.41. The number of nitrogens with zero attached hydrogens (tertiary/aromatic N) is 4. The van der Waals surface area contributed by atoms with Crippen molar-refractivity contribution in [1.29, 1.82) is 5.26 Å². The average Bonchev–Trinajstić information content (AvgIpc) is 3.37. The molecule has 5 rings (SSSR count). The number of anilines is 1. The topological polar surface area (TPSA) is 204 Å². The smallest absolute Gasteiger partial charge is 0.459 e. The lowest BCUT2D eigenvalue weighted by atomic mass is 9.92. The van der Waals surface area contributed by atoms with Crippen LogP contribution in [0.4, 0.5) is 5.82 Å². The molecule has 1 aromatic carbocycles. The summed E-state index contributed by atoms with van der Waals surface area (Å²) in [5.41, 5.74) is 2.73. The van der Waals surface area contributed by atoms with Gasteiger partial charge in [-0.1, -0.05) is 44.9 Å². The summed E-state index contributed by atoms with van der Waals surface area (Å²) in [5, 5.41) is 39.4. The Morgan fingerprint density at radius 3 is 2.65 bits per heavy atom. The quantitative estimate of drug-likeness (QED) is 0.171. The number of nitriles is 1. The van der Waals surface area contributed by atoms with Crippen molar-refractivity contribution >= 4 is 25.1 Å². The molecule has 230 valence electrons. The fourth-order valence-electron chi connectivity index (χ4n) is 5.28. The summed E-state index contributed by atoms with van der Waals surface area (Å²) >= 11 is 0. The third kappa shape index (κ3) is 5.60. The number of aromatic nitrogens is 3. The fraction of sp³-hybridized carbons (Fsp3) is 0.500. The number of nitrogen functional groups attached to an aromatic ring is 1. The van der Waals surface area contributed by atoms with Gasteiger partial charge in [0, 0.05) is 6.42 Å². The first-order valence-corrected chi connectivity index (χ1v) is 15.6. The van der Waals surface area contributed by atoms with Gasteiger partial charge in [0.25, 0.3) is 0 Å². The van der Waals surface area contributed by atoms with E-state index in [2.05, 4.69) is 15.2 Å². The Bertz CT molecular complexity index is 1560. The number of esters is 1. The molecule has 2 aromatic heterocycles. The molecule has 2 unspecified atom stereocenters. The number of aliphatic hydroxyl groups is 2. The molecule has 0 radical (unpaired) electrons. The van der Waals surface area contributed by atoms with Gasteiger partial charge in [-0.2, -0.15) is 15.4 Å². The first kappa shape index (κ1) is 30.9. The van der Waals surface area contributed by atoms with Gasteiger partial charge in [0.1, 0.15) is 53.6 Å². The molecule has 3 aromatic rings. The maximum atomic E-state index is 14.1. The molecule has 15 heteroatoms. The van der Waals surface area contributed by atoms with Gasteiger partial charge in [-0.15, -0.1) is 0 Å². The van der Waals surface area contributed by atoms with Crippen LogP contribution in [0.5, 0.6) is 5.75 Å². The van der Waals surface area contributed by atoms with E-state index in [4.69, 9.17) is 24.3 Å². The fourth-order valence-corrected chi connectivity index (χ4v) is 7.00. The number of ether oxygens (including phenoxy) is 2. The predicted molar refractivity (Wildman–Crippen MR) is 152 cm³/mol. The van der Waals surface area contributed by atoms with Crippen LogP contribution in [0.3, 0.4) is 0 Å². The van der Waals surface area contributed by atoms with E-state index in [1.165, 1.54) is 23.8 Å². The second-order valence-corrected chi connectivity index (χ2v) is 12.5. The van der Waals surface area contributed by atoms with Gasteiger partial charge in [-0.25, -0.2) is 14.1 Å². The van der Waals surface area contributed by atoms with Crippen LogP contribution in [0, 0.1) is 17.2 Å². The zero-order valence-corrected chi connectivity index (χ0v) is 24.9. The molecule has 3 heterocycles. The predicted octanol–water partition coefficient (Wildman–Crippen LogP) is 2.45. The number of rotatable bonds is 12. The molecule has 43 heavy (non-hydrogen) atoms. The van der Waals surface area contributed by atoms with Gasteiger partial charge in [0.2, 0.25) is 5.60 Å². The van der Waals surface area contributed by atoms with Gasteiger partial charge in [-0.05, 0) is 37.1 Å². The Labute approximate surface area is 248 Å². The Hall–Kier alpha value is -3.57. The van der Waals surface area contributed by atoms with E-state index in [1.807, 2.05) is 19.9 Å². The third-order valence-corrected chi connectivity index (χ3v) is 9.73. The van der Waals surface area contributed by atoms with E-state index in [1.54, 1.807) is 36.4 Å². The zero-order valence-electron chi connectivity index (χ0n) is 24.0. The summed E-state index contributed by atoms with van der Waals surface area (Å²) in [6.07, 6.45) is -1.61. The molecule has 0 bridgehead atoms. The van der Waals surface area contributed by atoms with E-state index >= 15 is 0 Å². The Morgan fingerprint density at radius 2 is 1.98 bits per heavy atom. The number of carbonyl (C=O) groups is 1. The van der Waals surface area contributed by atoms with Crippen molar-refractivity contribution in [2.45, 2.75) is 75.6 Å². The van der Waals surface area contributed by atoms with Crippen LogP contribution in [-0.4, -0.2) is 67.3 Å². The third-order valence-electron chi connectivity index (χ3n) is 8.04. The van der Waals surface area contributed by atoms with Crippen molar-refractivity contribution in [3.05, 3.63) is 54.5 Å². The normalized spacial score (nSPS) is 28.4. The highest BCUT2D eigenvalue weighted by atomic mass is 31.2. The van der Waals surface area contributed by atoms with Crippen LogP contribution in [0.2, 0.25) is 0 Å². The highest BCUT2D eigenvalue weighted by molar-refractivity contribution is 7.52. The maximum Gasteiger partial charge on any atom is 0.459 e. The molecule has 1 aliphatic heterocycles. The molecule has 14 nitrogen and oxygen atoms in total. The zero-order chi connectivity index (χ0) is 31.0. The first-order valence-electron chi connectivity index (χ1n) is 14.1. The number of para-hydroxylation sites is 1. The number of nitrogens with two attached hydrogens (primary N) is 1. The Kier molecular flexibility index (Phi) is 8.50. The minimum atomic E-state index is -4.34. The summed E-state index contributed by atoms with van der Waals surface area (Å²) in [4.78, 5) is 16.7.